The maximum atomic E-state index is 13.0. The molecular formula is C22H28N2O3S. The molecule has 0 unspecified atom stereocenters. The number of benzene rings is 2. The van der Waals surface area contributed by atoms with Crippen LogP contribution in [0.1, 0.15) is 46.8 Å². The number of sulfonamides is 1. The molecule has 3 rings (SSSR count). The number of carbonyl (C=O) groups excluding carboxylic acids is 1. The van der Waals surface area contributed by atoms with E-state index in [0.29, 0.717) is 42.6 Å². The summed E-state index contributed by atoms with van der Waals surface area (Å²) in [5.41, 5.74) is 3.51. The molecule has 2 aromatic carbocycles. The first-order valence-electron chi connectivity index (χ1n) is 9.67. The fourth-order valence-corrected chi connectivity index (χ4v) is 5.18. The zero-order chi connectivity index (χ0) is 20.5. The predicted molar refractivity (Wildman–Crippen MR) is 111 cm³/mol. The third-order valence-corrected chi connectivity index (χ3v) is 7.35. The molecule has 5 nitrogen and oxygen atoms in total. The van der Waals surface area contributed by atoms with Gasteiger partial charge < -0.3 is 4.90 Å². The molecule has 1 aliphatic heterocycles. The van der Waals surface area contributed by atoms with Gasteiger partial charge in [-0.25, -0.2) is 8.42 Å². The third-order valence-electron chi connectivity index (χ3n) is 5.31. The van der Waals surface area contributed by atoms with Crippen LogP contribution in [0.3, 0.4) is 0 Å². The zero-order valence-corrected chi connectivity index (χ0v) is 17.8. The monoisotopic (exact) mass is 400 g/mol. The van der Waals surface area contributed by atoms with Crippen LogP contribution in [0.15, 0.2) is 47.4 Å². The summed E-state index contributed by atoms with van der Waals surface area (Å²) in [6.07, 6.45) is 0. The lowest BCUT2D eigenvalue weighted by Gasteiger charge is -2.34. The van der Waals surface area contributed by atoms with Gasteiger partial charge in [-0.3, -0.25) is 4.79 Å². The molecule has 1 aliphatic rings. The average molecular weight is 401 g/mol. The van der Waals surface area contributed by atoms with Gasteiger partial charge in [0.05, 0.1) is 4.90 Å². The van der Waals surface area contributed by atoms with E-state index in [1.165, 1.54) is 9.87 Å². The van der Waals surface area contributed by atoms with Gasteiger partial charge in [-0.05, 0) is 54.7 Å². The van der Waals surface area contributed by atoms with Crippen LogP contribution in [0.2, 0.25) is 0 Å². The molecule has 1 fully saturated rings. The van der Waals surface area contributed by atoms with Crippen LogP contribution in [-0.4, -0.2) is 49.7 Å². The third kappa shape index (κ3) is 4.13. The first-order chi connectivity index (χ1) is 13.2. The molecule has 0 aliphatic carbocycles. The summed E-state index contributed by atoms with van der Waals surface area (Å²) in [7, 11) is -3.55. The van der Waals surface area contributed by atoms with E-state index in [1.807, 2.05) is 50.2 Å². The molecule has 0 radical (unpaired) electrons. The Morgan fingerprint density at radius 3 is 2.11 bits per heavy atom. The van der Waals surface area contributed by atoms with E-state index in [0.717, 1.165) is 11.1 Å². The molecule has 1 heterocycles. The lowest BCUT2D eigenvalue weighted by atomic mass is 10.0. The topological polar surface area (TPSA) is 57.7 Å². The molecule has 0 atom stereocenters. The second-order valence-corrected chi connectivity index (χ2v) is 9.65. The molecule has 2 aromatic rings. The van der Waals surface area contributed by atoms with Gasteiger partial charge in [0.2, 0.25) is 10.0 Å². The number of hydrogen-bond donors (Lipinski definition) is 0. The number of nitrogens with zero attached hydrogens (tertiary/aromatic N) is 2. The molecule has 0 aromatic heterocycles. The quantitative estimate of drug-likeness (QED) is 0.788. The minimum Gasteiger partial charge on any atom is -0.336 e. The lowest BCUT2D eigenvalue weighted by Crippen LogP contribution is -2.50. The van der Waals surface area contributed by atoms with E-state index in [9.17, 15) is 13.2 Å². The van der Waals surface area contributed by atoms with Crippen LogP contribution in [0.4, 0.5) is 0 Å². The van der Waals surface area contributed by atoms with Gasteiger partial charge in [-0.15, -0.1) is 0 Å². The van der Waals surface area contributed by atoms with E-state index in [-0.39, 0.29) is 5.91 Å². The van der Waals surface area contributed by atoms with Crippen molar-refractivity contribution in [3.8, 4) is 0 Å². The van der Waals surface area contributed by atoms with Crippen molar-refractivity contribution in [3.05, 3.63) is 64.7 Å². The van der Waals surface area contributed by atoms with Crippen LogP contribution in [0, 0.1) is 13.8 Å². The Bertz CT molecular complexity index is 958. The van der Waals surface area contributed by atoms with Gasteiger partial charge in [-0.1, -0.05) is 38.1 Å². The molecule has 1 saturated heterocycles. The Balaban J connectivity index is 1.70. The van der Waals surface area contributed by atoms with Crippen LogP contribution in [0.5, 0.6) is 0 Å². The summed E-state index contributed by atoms with van der Waals surface area (Å²) in [6.45, 7) is 9.35. The smallest absolute Gasteiger partial charge is 0.253 e. The Morgan fingerprint density at radius 2 is 1.54 bits per heavy atom. The molecule has 0 N–H and O–H groups in total. The first-order valence-corrected chi connectivity index (χ1v) is 11.1. The van der Waals surface area contributed by atoms with Crippen LogP contribution < -0.4 is 0 Å². The average Bonchev–Trinajstić information content (AvgIpc) is 2.69. The Labute approximate surface area is 168 Å². The van der Waals surface area contributed by atoms with Crippen molar-refractivity contribution in [2.45, 2.75) is 38.5 Å². The predicted octanol–water partition coefficient (Wildman–Crippen LogP) is 3.57. The number of piperazine rings is 1. The van der Waals surface area contributed by atoms with Gasteiger partial charge in [0, 0.05) is 31.7 Å². The van der Waals surface area contributed by atoms with Crippen molar-refractivity contribution >= 4 is 15.9 Å². The fraction of sp³-hybridized carbons (Fsp3) is 0.409. The maximum Gasteiger partial charge on any atom is 0.253 e. The number of carbonyl (C=O) groups is 1. The van der Waals surface area contributed by atoms with Crippen molar-refractivity contribution in [2.24, 2.45) is 0 Å². The molecule has 6 heteroatoms. The number of hydrogen-bond acceptors (Lipinski definition) is 3. The summed E-state index contributed by atoms with van der Waals surface area (Å²) in [6, 6.07) is 13.2. The highest BCUT2D eigenvalue weighted by Crippen LogP contribution is 2.23. The molecule has 0 bridgehead atoms. The zero-order valence-electron chi connectivity index (χ0n) is 17.0. The molecule has 1 amide bonds. The van der Waals surface area contributed by atoms with Gasteiger partial charge in [0.25, 0.3) is 5.91 Å². The molecule has 28 heavy (non-hydrogen) atoms. The molecule has 0 spiro atoms. The van der Waals surface area contributed by atoms with Crippen LogP contribution >= 0.6 is 0 Å². The summed E-state index contributed by atoms with van der Waals surface area (Å²) in [4.78, 5) is 14.9. The molecule has 0 saturated carbocycles. The number of aryl methyl sites for hydroxylation is 2. The van der Waals surface area contributed by atoms with Crippen LogP contribution in [0.25, 0.3) is 0 Å². The van der Waals surface area contributed by atoms with E-state index in [2.05, 4.69) is 13.8 Å². The van der Waals surface area contributed by atoms with Gasteiger partial charge in [-0.2, -0.15) is 4.31 Å². The minimum atomic E-state index is -3.55. The van der Waals surface area contributed by atoms with E-state index in [1.54, 1.807) is 11.0 Å². The maximum absolute atomic E-state index is 13.0. The molecule has 150 valence electrons. The largest absolute Gasteiger partial charge is 0.336 e. The Morgan fingerprint density at radius 1 is 0.929 bits per heavy atom. The first kappa shape index (κ1) is 20.6. The fourth-order valence-electron chi connectivity index (χ4n) is 3.45. The van der Waals surface area contributed by atoms with E-state index in [4.69, 9.17) is 0 Å². The second kappa shape index (κ2) is 8.05. The Kier molecular flexibility index (Phi) is 5.91. The Hall–Kier alpha value is -2.18. The van der Waals surface area contributed by atoms with Crippen molar-refractivity contribution < 1.29 is 13.2 Å². The SMILES string of the molecule is Cc1ccc(C)c(S(=O)(=O)N2CCN(C(=O)c3ccc(C(C)C)cc3)CC2)c1. The summed E-state index contributed by atoms with van der Waals surface area (Å²) >= 11 is 0. The van der Waals surface area contributed by atoms with E-state index < -0.39 is 10.0 Å². The minimum absolute atomic E-state index is 0.0425. The van der Waals surface area contributed by atoms with Crippen LogP contribution in [-0.2, 0) is 10.0 Å². The lowest BCUT2D eigenvalue weighted by molar-refractivity contribution is 0.0698. The van der Waals surface area contributed by atoms with Crippen molar-refractivity contribution in [1.82, 2.24) is 9.21 Å². The number of rotatable bonds is 4. The summed E-state index contributed by atoms with van der Waals surface area (Å²) in [5.74, 6) is 0.377. The van der Waals surface area contributed by atoms with Crippen molar-refractivity contribution in [2.75, 3.05) is 26.2 Å². The van der Waals surface area contributed by atoms with Gasteiger partial charge in [0.1, 0.15) is 0 Å². The van der Waals surface area contributed by atoms with Crippen molar-refractivity contribution in [1.29, 1.82) is 0 Å². The van der Waals surface area contributed by atoms with E-state index >= 15 is 0 Å². The highest BCUT2D eigenvalue weighted by molar-refractivity contribution is 7.89. The normalized spacial score (nSPS) is 15.8. The highest BCUT2D eigenvalue weighted by atomic mass is 32.2. The van der Waals surface area contributed by atoms with Crippen molar-refractivity contribution in [3.63, 3.8) is 0 Å². The second-order valence-electron chi connectivity index (χ2n) is 7.74. The van der Waals surface area contributed by atoms with Gasteiger partial charge >= 0.3 is 0 Å². The number of amides is 1. The summed E-state index contributed by atoms with van der Waals surface area (Å²) < 4.78 is 27.5. The molecular weight excluding hydrogens is 372 g/mol. The summed E-state index contributed by atoms with van der Waals surface area (Å²) in [5, 5.41) is 0. The van der Waals surface area contributed by atoms with Gasteiger partial charge in [0.15, 0.2) is 0 Å². The standard InChI is InChI=1S/C22H28N2O3S/c1-16(2)19-7-9-20(10-8-19)22(25)23-11-13-24(14-12-23)28(26,27)21-15-17(3)5-6-18(21)4/h5-10,15-16H,11-14H2,1-4H3. The highest BCUT2D eigenvalue weighted by Gasteiger charge is 2.31.